The summed E-state index contributed by atoms with van der Waals surface area (Å²) < 4.78 is 0. The minimum Gasteiger partial charge on any atom is -0.342 e. The Kier molecular flexibility index (Phi) is 5.23. The smallest absolute Gasteiger partial charge is 0.246 e. The Balaban J connectivity index is 1.51. The molecule has 0 radical (unpaired) electrons. The van der Waals surface area contributed by atoms with Crippen LogP contribution in [0.2, 0.25) is 0 Å². The number of carbonyl (C=O) groups excluding carboxylic acids is 2. The summed E-state index contributed by atoms with van der Waals surface area (Å²) >= 11 is 1.92. The molecule has 0 saturated carbocycles. The van der Waals surface area contributed by atoms with Gasteiger partial charge in [-0.2, -0.15) is 0 Å². The zero-order valence-corrected chi connectivity index (χ0v) is 14.2. The van der Waals surface area contributed by atoms with Crippen LogP contribution in [0.5, 0.6) is 0 Å². The molecule has 2 N–H and O–H groups in total. The molecule has 2 amide bonds. The van der Waals surface area contributed by atoms with E-state index in [1.807, 2.05) is 16.7 Å². The molecule has 1 atom stereocenters. The number of nitrogens with zero attached hydrogens (tertiary/aromatic N) is 1. The molecule has 2 fully saturated rings. The number of rotatable bonds is 3. The first-order chi connectivity index (χ1) is 11.1. The first-order valence-electron chi connectivity index (χ1n) is 8.14. The lowest BCUT2D eigenvalue weighted by Crippen LogP contribution is -2.59. The third-order valence-corrected chi connectivity index (χ3v) is 5.92. The van der Waals surface area contributed by atoms with Gasteiger partial charge in [0.1, 0.15) is 6.04 Å². The molecule has 23 heavy (non-hydrogen) atoms. The van der Waals surface area contributed by atoms with Crippen LogP contribution in [0.1, 0.15) is 18.4 Å². The van der Waals surface area contributed by atoms with Crippen LogP contribution in [0.15, 0.2) is 29.2 Å². The Labute approximate surface area is 141 Å². The van der Waals surface area contributed by atoms with Gasteiger partial charge in [0.2, 0.25) is 11.8 Å². The van der Waals surface area contributed by atoms with Crippen molar-refractivity contribution in [2.45, 2.75) is 36.0 Å². The Hall–Kier alpha value is -1.53. The number of hydrogen-bond donors (Lipinski definition) is 2. The highest BCUT2D eigenvalue weighted by Gasteiger charge is 2.31. The van der Waals surface area contributed by atoms with Crippen LogP contribution in [0.25, 0.3) is 0 Å². The molecule has 1 unspecified atom stereocenters. The molecular weight excluding hydrogens is 310 g/mol. The van der Waals surface area contributed by atoms with Crippen LogP contribution in [0.3, 0.4) is 0 Å². The Morgan fingerprint density at radius 2 is 2.00 bits per heavy atom. The van der Waals surface area contributed by atoms with Crippen LogP contribution in [0.4, 0.5) is 0 Å². The van der Waals surface area contributed by atoms with E-state index in [9.17, 15) is 9.59 Å². The zero-order chi connectivity index (χ0) is 16.2. The number of aryl methyl sites for hydroxylation is 1. The molecule has 0 spiro atoms. The average Bonchev–Trinajstić information content (AvgIpc) is 2.57. The Morgan fingerprint density at radius 3 is 2.70 bits per heavy atom. The molecule has 1 aromatic carbocycles. The lowest BCUT2D eigenvalue weighted by molar-refractivity contribution is -0.138. The highest BCUT2D eigenvalue weighted by atomic mass is 32.2. The van der Waals surface area contributed by atoms with Crippen LogP contribution in [-0.4, -0.2) is 54.2 Å². The summed E-state index contributed by atoms with van der Waals surface area (Å²) in [7, 11) is 0. The van der Waals surface area contributed by atoms with E-state index in [0.717, 1.165) is 25.9 Å². The molecule has 2 saturated heterocycles. The third-order valence-electron chi connectivity index (χ3n) is 4.41. The zero-order valence-electron chi connectivity index (χ0n) is 13.4. The fourth-order valence-corrected chi connectivity index (χ4v) is 4.27. The van der Waals surface area contributed by atoms with Crippen molar-refractivity contribution in [2.75, 3.05) is 26.2 Å². The van der Waals surface area contributed by atoms with Gasteiger partial charge in [0.25, 0.3) is 0 Å². The highest BCUT2D eigenvalue weighted by molar-refractivity contribution is 8.00. The standard InChI is InChI=1S/C17H23N3O2S/c1-12-4-2-3-5-15(12)23-13-6-8-20(9-7-13)17(22)14-10-18-11-16(21)19-14/h2-5,13-14,18H,6-11H2,1H3,(H,19,21). The van der Waals surface area contributed by atoms with Crippen LogP contribution in [-0.2, 0) is 9.59 Å². The molecule has 2 aliphatic rings. The summed E-state index contributed by atoms with van der Waals surface area (Å²) in [5.74, 6) is -0.0514. The van der Waals surface area contributed by atoms with Crippen molar-refractivity contribution in [1.82, 2.24) is 15.5 Å². The number of likely N-dealkylation sites (tertiary alicyclic amines) is 1. The summed E-state index contributed by atoms with van der Waals surface area (Å²) in [6, 6.07) is 8.04. The number of nitrogens with one attached hydrogen (secondary N) is 2. The van der Waals surface area contributed by atoms with E-state index in [0.29, 0.717) is 18.3 Å². The van der Waals surface area contributed by atoms with Gasteiger partial charge in [-0.15, -0.1) is 11.8 Å². The summed E-state index contributed by atoms with van der Waals surface area (Å²) in [4.78, 5) is 27.1. The molecule has 0 aliphatic carbocycles. The maximum Gasteiger partial charge on any atom is 0.246 e. The van der Waals surface area contributed by atoms with Crippen molar-refractivity contribution in [2.24, 2.45) is 0 Å². The first-order valence-corrected chi connectivity index (χ1v) is 9.02. The second kappa shape index (κ2) is 7.36. The van der Waals surface area contributed by atoms with Crippen molar-refractivity contribution < 1.29 is 9.59 Å². The minimum absolute atomic E-state index is 0.0462. The maximum absolute atomic E-state index is 12.5. The fraction of sp³-hybridized carbons (Fsp3) is 0.529. The Bertz CT molecular complexity index is 585. The lowest BCUT2D eigenvalue weighted by Gasteiger charge is -2.35. The predicted molar refractivity (Wildman–Crippen MR) is 91.4 cm³/mol. The molecule has 2 heterocycles. The van der Waals surface area contributed by atoms with Gasteiger partial charge in [0.15, 0.2) is 0 Å². The fourth-order valence-electron chi connectivity index (χ4n) is 3.06. The Morgan fingerprint density at radius 1 is 1.26 bits per heavy atom. The van der Waals surface area contributed by atoms with Crippen molar-refractivity contribution >= 4 is 23.6 Å². The monoisotopic (exact) mass is 333 g/mol. The van der Waals surface area contributed by atoms with E-state index < -0.39 is 6.04 Å². The largest absolute Gasteiger partial charge is 0.342 e. The number of benzene rings is 1. The molecule has 2 aliphatic heterocycles. The number of hydrogen-bond acceptors (Lipinski definition) is 4. The predicted octanol–water partition coefficient (Wildman–Crippen LogP) is 1.17. The third kappa shape index (κ3) is 4.06. The second-order valence-electron chi connectivity index (χ2n) is 6.16. The van der Waals surface area contributed by atoms with Gasteiger partial charge < -0.3 is 15.5 Å². The molecule has 3 rings (SSSR count). The average molecular weight is 333 g/mol. The SMILES string of the molecule is Cc1ccccc1SC1CCN(C(=O)C2CNCC(=O)N2)CC1. The molecule has 5 nitrogen and oxygen atoms in total. The van der Waals surface area contributed by atoms with Gasteiger partial charge in [-0.25, -0.2) is 0 Å². The van der Waals surface area contributed by atoms with Crippen molar-refractivity contribution in [3.8, 4) is 0 Å². The summed E-state index contributed by atoms with van der Waals surface area (Å²) in [6.07, 6.45) is 2.00. The van der Waals surface area contributed by atoms with Crippen LogP contribution >= 0.6 is 11.8 Å². The molecule has 0 aromatic heterocycles. The molecule has 0 bridgehead atoms. The van der Waals surface area contributed by atoms with Crippen molar-refractivity contribution in [1.29, 1.82) is 0 Å². The van der Waals surface area contributed by atoms with Gasteiger partial charge in [-0.3, -0.25) is 9.59 Å². The van der Waals surface area contributed by atoms with Crippen molar-refractivity contribution in [3.05, 3.63) is 29.8 Å². The van der Waals surface area contributed by atoms with Crippen molar-refractivity contribution in [3.63, 3.8) is 0 Å². The van der Waals surface area contributed by atoms with Crippen LogP contribution < -0.4 is 10.6 Å². The summed E-state index contributed by atoms with van der Waals surface area (Å²) in [5.41, 5.74) is 1.31. The number of piperidine rings is 1. The van der Waals surface area contributed by atoms with E-state index in [4.69, 9.17) is 0 Å². The first kappa shape index (κ1) is 16.3. The number of thioether (sulfide) groups is 1. The van der Waals surface area contributed by atoms with Crippen LogP contribution in [0, 0.1) is 6.92 Å². The number of amides is 2. The van der Waals surface area contributed by atoms with Gasteiger partial charge >= 0.3 is 0 Å². The molecular formula is C17H23N3O2S. The van der Waals surface area contributed by atoms with E-state index in [2.05, 4.69) is 41.8 Å². The number of piperazine rings is 1. The minimum atomic E-state index is -0.406. The second-order valence-corrected chi connectivity index (χ2v) is 7.50. The van der Waals surface area contributed by atoms with Gasteiger partial charge in [-0.1, -0.05) is 18.2 Å². The molecule has 124 valence electrons. The molecule has 6 heteroatoms. The van der Waals surface area contributed by atoms with E-state index in [1.54, 1.807) is 0 Å². The number of carbonyl (C=O) groups is 2. The van der Waals surface area contributed by atoms with E-state index >= 15 is 0 Å². The van der Waals surface area contributed by atoms with E-state index in [-0.39, 0.29) is 11.8 Å². The lowest BCUT2D eigenvalue weighted by atomic mass is 10.1. The van der Waals surface area contributed by atoms with Gasteiger partial charge in [0.05, 0.1) is 6.54 Å². The highest BCUT2D eigenvalue weighted by Crippen LogP contribution is 2.32. The van der Waals surface area contributed by atoms with Gasteiger partial charge in [-0.05, 0) is 31.4 Å². The van der Waals surface area contributed by atoms with Gasteiger partial charge in [0, 0.05) is 29.8 Å². The summed E-state index contributed by atoms with van der Waals surface area (Å²) in [5, 5.41) is 6.32. The quantitative estimate of drug-likeness (QED) is 0.872. The molecule has 1 aromatic rings. The summed E-state index contributed by atoms with van der Waals surface area (Å²) in [6.45, 7) is 4.52. The van der Waals surface area contributed by atoms with E-state index in [1.165, 1.54) is 10.5 Å². The maximum atomic E-state index is 12.5. The topological polar surface area (TPSA) is 61.4 Å². The normalized spacial score (nSPS) is 22.7.